The minimum absolute atomic E-state index is 0.0747. The number of rotatable bonds is 8. The van der Waals surface area contributed by atoms with E-state index in [0.29, 0.717) is 6.61 Å². The van der Waals surface area contributed by atoms with Crippen molar-refractivity contribution in [1.29, 1.82) is 0 Å². The number of likely N-dealkylation sites (N-methyl/N-ethyl adjacent to an activating group) is 1. The van der Waals surface area contributed by atoms with Crippen molar-refractivity contribution in [3.8, 4) is 33.7 Å². The van der Waals surface area contributed by atoms with Gasteiger partial charge in [0.05, 0.1) is 10.4 Å². The lowest BCUT2D eigenvalue weighted by atomic mass is 10.0. The van der Waals surface area contributed by atoms with Crippen LogP contribution in [0.5, 0.6) is 5.75 Å². The standard InChI is InChI=1S/C29H26N4O3/c1-31(2)16-17-36-26-9-6-21(7-10-26)28-20-32(24-12-14-30-15-13-24)29-19-23(8-11-27(28)29)22-4-3-5-25(18-22)33(34)35/h3-15,18-20H,16-17H2,1-2H3. The van der Waals surface area contributed by atoms with Gasteiger partial charge >= 0.3 is 0 Å². The van der Waals surface area contributed by atoms with E-state index in [0.717, 1.165) is 51.1 Å². The van der Waals surface area contributed by atoms with Gasteiger partial charge in [0.1, 0.15) is 12.4 Å². The summed E-state index contributed by atoms with van der Waals surface area (Å²) in [6.07, 6.45) is 5.66. The summed E-state index contributed by atoms with van der Waals surface area (Å²) >= 11 is 0. The van der Waals surface area contributed by atoms with Gasteiger partial charge in [0.2, 0.25) is 0 Å². The molecule has 0 unspecified atom stereocenters. The predicted octanol–water partition coefficient (Wildman–Crippen LogP) is 6.21. The Balaban J connectivity index is 1.58. The van der Waals surface area contributed by atoms with Crippen LogP contribution in [0.4, 0.5) is 5.69 Å². The average molecular weight is 479 g/mol. The molecular weight excluding hydrogens is 452 g/mol. The molecule has 180 valence electrons. The highest BCUT2D eigenvalue weighted by Crippen LogP contribution is 2.36. The number of ether oxygens (including phenoxy) is 1. The number of nitro benzene ring substituents is 1. The summed E-state index contributed by atoms with van der Waals surface area (Å²) < 4.78 is 7.99. The zero-order chi connectivity index (χ0) is 25.1. The molecule has 7 nitrogen and oxygen atoms in total. The first-order valence-corrected chi connectivity index (χ1v) is 11.7. The van der Waals surface area contributed by atoms with Gasteiger partial charge in [-0.05, 0) is 61.1 Å². The summed E-state index contributed by atoms with van der Waals surface area (Å²) in [5, 5.41) is 12.4. The molecule has 0 amide bonds. The lowest BCUT2D eigenvalue weighted by Crippen LogP contribution is -2.19. The Morgan fingerprint density at radius 2 is 1.64 bits per heavy atom. The first kappa shape index (κ1) is 23.3. The molecule has 3 aromatic carbocycles. The van der Waals surface area contributed by atoms with E-state index in [1.807, 2.05) is 50.5 Å². The highest BCUT2D eigenvalue weighted by Gasteiger charge is 2.14. The Bertz CT molecular complexity index is 1510. The van der Waals surface area contributed by atoms with Crippen LogP contribution in [0.1, 0.15) is 0 Å². The van der Waals surface area contributed by atoms with Crippen LogP contribution in [0.3, 0.4) is 0 Å². The second-order valence-electron chi connectivity index (χ2n) is 8.83. The first-order chi connectivity index (χ1) is 17.5. The third-order valence-electron chi connectivity index (χ3n) is 6.11. The van der Waals surface area contributed by atoms with Crippen LogP contribution in [-0.2, 0) is 0 Å². The van der Waals surface area contributed by atoms with Crippen LogP contribution in [0.15, 0.2) is 97.5 Å². The van der Waals surface area contributed by atoms with Gasteiger partial charge in [-0.2, -0.15) is 0 Å². The third kappa shape index (κ3) is 4.82. The number of hydrogen-bond donors (Lipinski definition) is 0. The number of hydrogen-bond acceptors (Lipinski definition) is 5. The highest BCUT2D eigenvalue weighted by atomic mass is 16.6. The van der Waals surface area contributed by atoms with E-state index in [1.165, 1.54) is 6.07 Å². The Kier molecular flexibility index (Phi) is 6.47. The quantitative estimate of drug-likeness (QED) is 0.196. The second-order valence-corrected chi connectivity index (χ2v) is 8.83. The summed E-state index contributed by atoms with van der Waals surface area (Å²) in [5.41, 5.74) is 5.95. The van der Waals surface area contributed by atoms with E-state index in [1.54, 1.807) is 24.5 Å². The molecule has 7 heteroatoms. The lowest BCUT2D eigenvalue weighted by molar-refractivity contribution is -0.384. The molecule has 0 aliphatic carbocycles. The van der Waals surface area contributed by atoms with Crippen molar-refractivity contribution < 1.29 is 9.66 Å². The summed E-state index contributed by atoms with van der Waals surface area (Å²) in [4.78, 5) is 17.2. The molecule has 0 saturated heterocycles. The average Bonchev–Trinajstić information content (AvgIpc) is 3.28. The van der Waals surface area contributed by atoms with Gasteiger partial charge in [-0.25, -0.2) is 0 Å². The van der Waals surface area contributed by atoms with Crippen molar-refractivity contribution >= 4 is 16.6 Å². The lowest BCUT2D eigenvalue weighted by Gasteiger charge is -2.11. The van der Waals surface area contributed by atoms with Gasteiger partial charge in [0.25, 0.3) is 5.69 Å². The molecule has 0 fully saturated rings. The van der Waals surface area contributed by atoms with Crippen LogP contribution in [-0.4, -0.2) is 46.6 Å². The normalized spacial score (nSPS) is 11.2. The maximum Gasteiger partial charge on any atom is 0.270 e. The molecular formula is C29H26N4O3. The SMILES string of the molecule is CN(C)CCOc1ccc(-c2cn(-c3ccncc3)c3cc(-c4cccc([N+](=O)[O-])c4)ccc23)cc1. The summed E-state index contributed by atoms with van der Waals surface area (Å²) in [7, 11) is 4.05. The highest BCUT2D eigenvalue weighted by molar-refractivity contribution is 5.99. The van der Waals surface area contributed by atoms with E-state index >= 15 is 0 Å². The zero-order valence-electron chi connectivity index (χ0n) is 20.2. The molecule has 0 saturated carbocycles. The Labute approximate surface area is 209 Å². The van der Waals surface area contributed by atoms with Crippen molar-refractivity contribution in [3.05, 3.63) is 108 Å². The van der Waals surface area contributed by atoms with Crippen LogP contribution >= 0.6 is 0 Å². The molecule has 5 rings (SSSR count). The van der Waals surface area contributed by atoms with Crippen LogP contribution in [0.25, 0.3) is 38.8 Å². The Hall–Kier alpha value is -4.49. The maximum absolute atomic E-state index is 11.3. The predicted molar refractivity (Wildman–Crippen MR) is 143 cm³/mol. The van der Waals surface area contributed by atoms with Crippen molar-refractivity contribution in [2.45, 2.75) is 0 Å². The van der Waals surface area contributed by atoms with Crippen LogP contribution < -0.4 is 4.74 Å². The zero-order valence-corrected chi connectivity index (χ0v) is 20.2. The fourth-order valence-corrected chi connectivity index (χ4v) is 4.23. The van der Waals surface area contributed by atoms with E-state index < -0.39 is 0 Å². The molecule has 0 bridgehead atoms. The molecule has 36 heavy (non-hydrogen) atoms. The van der Waals surface area contributed by atoms with E-state index in [2.05, 4.69) is 44.9 Å². The number of fused-ring (bicyclic) bond motifs is 1. The molecule has 0 aliphatic heterocycles. The molecule has 0 atom stereocenters. The molecule has 2 aromatic heterocycles. The second kappa shape index (κ2) is 10.0. The van der Waals surface area contributed by atoms with Gasteiger partial charge in [-0.15, -0.1) is 0 Å². The smallest absolute Gasteiger partial charge is 0.270 e. The van der Waals surface area contributed by atoms with E-state index in [-0.39, 0.29) is 10.6 Å². The molecule has 5 aromatic rings. The van der Waals surface area contributed by atoms with Crippen LogP contribution in [0, 0.1) is 10.1 Å². The van der Waals surface area contributed by atoms with Gasteiger partial charge in [-0.1, -0.05) is 36.4 Å². The minimum atomic E-state index is -0.367. The van der Waals surface area contributed by atoms with E-state index in [9.17, 15) is 10.1 Å². The maximum atomic E-state index is 11.3. The first-order valence-electron chi connectivity index (χ1n) is 11.7. The number of aromatic nitrogens is 2. The summed E-state index contributed by atoms with van der Waals surface area (Å²) in [6.45, 7) is 1.49. The van der Waals surface area contributed by atoms with Crippen LogP contribution in [0.2, 0.25) is 0 Å². The van der Waals surface area contributed by atoms with Gasteiger partial charge in [-0.3, -0.25) is 15.1 Å². The van der Waals surface area contributed by atoms with Crippen molar-refractivity contribution in [3.63, 3.8) is 0 Å². The van der Waals surface area contributed by atoms with Gasteiger partial charge in [0, 0.05) is 53.9 Å². The summed E-state index contributed by atoms with van der Waals surface area (Å²) in [6, 6.07) is 25.0. The third-order valence-corrected chi connectivity index (χ3v) is 6.11. The Morgan fingerprint density at radius 1 is 0.917 bits per heavy atom. The number of non-ortho nitro benzene ring substituents is 1. The fraction of sp³-hybridized carbons (Fsp3) is 0.138. The van der Waals surface area contributed by atoms with Crippen molar-refractivity contribution in [2.75, 3.05) is 27.2 Å². The molecule has 0 aliphatic rings. The molecule has 0 radical (unpaired) electrons. The largest absolute Gasteiger partial charge is 0.492 e. The van der Waals surface area contributed by atoms with Gasteiger partial charge in [0.15, 0.2) is 0 Å². The number of nitro groups is 1. The number of benzene rings is 3. The van der Waals surface area contributed by atoms with Crippen molar-refractivity contribution in [1.82, 2.24) is 14.5 Å². The number of pyridine rings is 1. The monoisotopic (exact) mass is 478 g/mol. The summed E-state index contributed by atoms with van der Waals surface area (Å²) in [5.74, 6) is 0.839. The van der Waals surface area contributed by atoms with Gasteiger partial charge < -0.3 is 14.2 Å². The Morgan fingerprint density at radius 3 is 2.36 bits per heavy atom. The topological polar surface area (TPSA) is 73.4 Å². The molecule has 0 spiro atoms. The molecule has 0 N–H and O–H groups in total. The minimum Gasteiger partial charge on any atom is -0.492 e. The molecule has 2 heterocycles. The number of nitrogens with zero attached hydrogens (tertiary/aromatic N) is 4. The van der Waals surface area contributed by atoms with Crippen molar-refractivity contribution in [2.24, 2.45) is 0 Å². The van der Waals surface area contributed by atoms with E-state index in [4.69, 9.17) is 4.74 Å². The fourth-order valence-electron chi connectivity index (χ4n) is 4.23.